The quantitative estimate of drug-likeness (QED) is 0.112. The topological polar surface area (TPSA) is 44.8 Å². The average molecular weight is 693 g/mol. The van der Waals surface area contributed by atoms with E-state index in [2.05, 4.69) is 156 Å². The Labute approximate surface area is 291 Å². The second-order valence-corrected chi connectivity index (χ2v) is 30.6. The number of benzene rings is 2. The van der Waals surface area contributed by atoms with E-state index < -0.39 is 31.1 Å². The summed E-state index contributed by atoms with van der Waals surface area (Å²) in [7, 11) is -6.92. The molecule has 0 amide bonds. The van der Waals surface area contributed by atoms with Gasteiger partial charge in [-0.3, -0.25) is 0 Å². The summed E-state index contributed by atoms with van der Waals surface area (Å²) >= 11 is 0. The molecule has 2 rings (SSSR count). The lowest BCUT2D eigenvalue weighted by atomic mass is 10.1. The van der Waals surface area contributed by atoms with Crippen LogP contribution in [0.4, 0.5) is 0 Å². The standard InChI is InChI=1S/C40H64O4Si3/c1-15-36(43-45(11,12)38(2,3)4)37(44-46(13,14)39(5,6)7)30-24-16-19-25-33(31-32-41)42-47(40(8,9)10,34-26-20-17-21-27-34)35-28-22-18-23-29-35/h17-23,25-29,32-33,36-37H,15,30-31H2,1-14H3/b25-19+/t33-,36-,37-/m0/s1. The molecule has 3 atom stereocenters. The molecule has 0 aromatic heterocycles. The predicted octanol–water partition coefficient (Wildman–Crippen LogP) is 9.66. The number of hydrogen-bond donors (Lipinski definition) is 0. The fourth-order valence-electron chi connectivity index (χ4n) is 5.33. The van der Waals surface area contributed by atoms with Crippen LogP contribution in [0.3, 0.4) is 0 Å². The molecule has 260 valence electrons. The summed E-state index contributed by atoms with van der Waals surface area (Å²) in [6, 6.07) is 21.1. The summed E-state index contributed by atoms with van der Waals surface area (Å²) in [5, 5.41) is 2.37. The van der Waals surface area contributed by atoms with Crippen molar-refractivity contribution >= 4 is 41.6 Å². The van der Waals surface area contributed by atoms with Crippen LogP contribution in [0.1, 0.15) is 88.5 Å². The lowest BCUT2D eigenvalue weighted by Crippen LogP contribution is -2.67. The molecule has 0 saturated heterocycles. The monoisotopic (exact) mass is 692 g/mol. The van der Waals surface area contributed by atoms with Gasteiger partial charge in [0, 0.05) is 12.8 Å². The second kappa shape index (κ2) is 16.6. The lowest BCUT2D eigenvalue weighted by molar-refractivity contribution is -0.108. The Morgan fingerprint density at radius 2 is 1.13 bits per heavy atom. The molecule has 0 saturated carbocycles. The van der Waals surface area contributed by atoms with Crippen molar-refractivity contribution in [2.75, 3.05) is 0 Å². The first-order valence-corrected chi connectivity index (χ1v) is 25.1. The maximum absolute atomic E-state index is 12.0. The van der Waals surface area contributed by atoms with Gasteiger partial charge >= 0.3 is 0 Å². The number of hydrogen-bond acceptors (Lipinski definition) is 4. The van der Waals surface area contributed by atoms with E-state index in [0.717, 1.165) is 12.7 Å². The van der Waals surface area contributed by atoms with Gasteiger partial charge in [0.15, 0.2) is 16.6 Å². The summed E-state index contributed by atoms with van der Waals surface area (Å²) < 4.78 is 21.2. The number of allylic oxidation sites excluding steroid dienone is 1. The Bertz CT molecular complexity index is 1300. The molecule has 7 heteroatoms. The molecule has 0 fully saturated rings. The van der Waals surface area contributed by atoms with Gasteiger partial charge in [-0.2, -0.15) is 0 Å². The van der Waals surface area contributed by atoms with Gasteiger partial charge in [0.2, 0.25) is 0 Å². The smallest absolute Gasteiger partial charge is 0.261 e. The van der Waals surface area contributed by atoms with Crippen LogP contribution in [0.2, 0.25) is 41.3 Å². The van der Waals surface area contributed by atoms with Gasteiger partial charge in [-0.05, 0) is 70.2 Å². The zero-order chi connectivity index (χ0) is 35.7. The highest BCUT2D eigenvalue weighted by Gasteiger charge is 2.51. The third-order valence-corrected chi connectivity index (χ3v) is 24.3. The first kappa shape index (κ1) is 41.1. The van der Waals surface area contributed by atoms with E-state index in [4.69, 9.17) is 13.3 Å². The van der Waals surface area contributed by atoms with Crippen molar-refractivity contribution in [1.82, 2.24) is 0 Å². The molecule has 0 spiro atoms. The second-order valence-electron chi connectivity index (χ2n) is 16.8. The maximum Gasteiger partial charge on any atom is 0.261 e. The molecule has 0 N–H and O–H groups in total. The molecular formula is C40H64O4Si3. The van der Waals surface area contributed by atoms with Crippen molar-refractivity contribution in [3.05, 3.63) is 72.8 Å². The van der Waals surface area contributed by atoms with Crippen LogP contribution in [-0.2, 0) is 18.1 Å². The van der Waals surface area contributed by atoms with Crippen LogP contribution in [0.15, 0.2) is 72.8 Å². The average Bonchev–Trinajstić information content (AvgIpc) is 2.96. The zero-order valence-electron chi connectivity index (χ0n) is 32.0. The van der Waals surface area contributed by atoms with Gasteiger partial charge < -0.3 is 18.1 Å². The van der Waals surface area contributed by atoms with Crippen molar-refractivity contribution in [3.8, 4) is 11.8 Å². The minimum atomic E-state index is -2.83. The van der Waals surface area contributed by atoms with E-state index in [-0.39, 0.29) is 33.7 Å². The van der Waals surface area contributed by atoms with Crippen LogP contribution in [0.5, 0.6) is 0 Å². The molecule has 0 radical (unpaired) electrons. The first-order valence-electron chi connectivity index (χ1n) is 17.4. The molecule has 0 aliphatic heterocycles. The van der Waals surface area contributed by atoms with Gasteiger partial charge in [-0.1, -0.05) is 142 Å². The van der Waals surface area contributed by atoms with Gasteiger partial charge in [0.05, 0.1) is 18.3 Å². The largest absolute Gasteiger partial charge is 0.411 e. The number of aldehydes is 1. The maximum atomic E-state index is 12.0. The minimum absolute atomic E-state index is 0.0235. The van der Waals surface area contributed by atoms with Crippen LogP contribution < -0.4 is 10.4 Å². The minimum Gasteiger partial charge on any atom is -0.411 e. The van der Waals surface area contributed by atoms with Crippen LogP contribution in [-0.4, -0.2) is 49.6 Å². The summed E-state index contributed by atoms with van der Waals surface area (Å²) in [5.41, 5.74) is 0. The fourth-order valence-corrected chi connectivity index (χ4v) is 12.8. The Kier molecular flexibility index (Phi) is 14.5. The van der Waals surface area contributed by atoms with Gasteiger partial charge in [0.1, 0.15) is 6.29 Å². The Hall–Kier alpha value is -2.06. The zero-order valence-corrected chi connectivity index (χ0v) is 35.0. The fraction of sp³-hybridized carbons (Fsp3) is 0.575. The molecule has 0 bridgehead atoms. The number of carbonyl (C=O) groups is 1. The molecule has 0 aliphatic carbocycles. The molecule has 2 aromatic carbocycles. The normalized spacial score (nSPS) is 15.5. The van der Waals surface area contributed by atoms with E-state index in [1.807, 2.05) is 24.3 Å². The number of carbonyl (C=O) groups excluding carboxylic acids is 1. The van der Waals surface area contributed by atoms with Crippen molar-refractivity contribution in [3.63, 3.8) is 0 Å². The Morgan fingerprint density at radius 3 is 1.51 bits per heavy atom. The summed E-state index contributed by atoms with van der Waals surface area (Å²) in [4.78, 5) is 12.0. The van der Waals surface area contributed by atoms with E-state index in [0.29, 0.717) is 6.42 Å². The third kappa shape index (κ3) is 10.7. The Balaban J connectivity index is 2.47. The van der Waals surface area contributed by atoms with E-state index >= 15 is 0 Å². The van der Waals surface area contributed by atoms with Crippen LogP contribution in [0.25, 0.3) is 0 Å². The highest BCUT2D eigenvalue weighted by Crippen LogP contribution is 2.41. The van der Waals surface area contributed by atoms with Gasteiger partial charge in [0.25, 0.3) is 8.32 Å². The van der Waals surface area contributed by atoms with Crippen molar-refractivity contribution in [2.45, 2.75) is 148 Å². The molecule has 0 unspecified atom stereocenters. The molecule has 47 heavy (non-hydrogen) atoms. The third-order valence-electron chi connectivity index (χ3n) is 10.2. The van der Waals surface area contributed by atoms with E-state index in [9.17, 15) is 4.79 Å². The van der Waals surface area contributed by atoms with Gasteiger partial charge in [-0.25, -0.2) is 0 Å². The molecule has 2 aromatic rings. The summed E-state index contributed by atoms with van der Waals surface area (Å²) in [5.74, 6) is 6.70. The van der Waals surface area contributed by atoms with Crippen LogP contribution >= 0.6 is 0 Å². The van der Waals surface area contributed by atoms with E-state index in [1.165, 1.54) is 10.4 Å². The van der Waals surface area contributed by atoms with E-state index in [1.54, 1.807) is 0 Å². The van der Waals surface area contributed by atoms with Crippen molar-refractivity contribution < 1.29 is 18.1 Å². The first-order chi connectivity index (χ1) is 21.6. The molecule has 4 nitrogen and oxygen atoms in total. The van der Waals surface area contributed by atoms with Crippen molar-refractivity contribution in [2.24, 2.45) is 0 Å². The highest BCUT2D eigenvalue weighted by atomic mass is 28.4. The van der Waals surface area contributed by atoms with Gasteiger partial charge in [-0.15, -0.1) is 0 Å². The van der Waals surface area contributed by atoms with Crippen LogP contribution in [0, 0.1) is 11.8 Å². The SMILES string of the molecule is CC[C@H](O[Si](C)(C)C(C)(C)C)[C@H](CC#C/C=C/[C@@H](CC=O)O[Si](c1ccccc1)(c1ccccc1)C(C)(C)C)O[Si](C)(C)C(C)(C)C. The predicted molar refractivity (Wildman–Crippen MR) is 209 cm³/mol. The Morgan fingerprint density at radius 1 is 0.681 bits per heavy atom. The van der Waals surface area contributed by atoms with Crippen molar-refractivity contribution in [1.29, 1.82) is 0 Å². The molecular weight excluding hydrogens is 629 g/mol. The number of rotatable bonds is 14. The highest BCUT2D eigenvalue weighted by molar-refractivity contribution is 6.99. The summed E-state index contributed by atoms with van der Waals surface area (Å²) in [6.07, 6.45) is 5.96. The molecule has 0 aliphatic rings. The lowest BCUT2D eigenvalue weighted by Gasteiger charge is -2.44. The summed E-state index contributed by atoms with van der Waals surface area (Å²) in [6.45, 7) is 31.9. The molecule has 0 heterocycles.